The summed E-state index contributed by atoms with van der Waals surface area (Å²) in [6.07, 6.45) is 1.72. The molecule has 0 heterocycles. The lowest BCUT2D eigenvalue weighted by Gasteiger charge is -2.25. The predicted octanol–water partition coefficient (Wildman–Crippen LogP) is 3.14. The van der Waals surface area contributed by atoms with Crippen LogP contribution in [0.15, 0.2) is 30.3 Å². The van der Waals surface area contributed by atoms with E-state index in [-0.39, 0.29) is 6.42 Å². The highest BCUT2D eigenvalue weighted by molar-refractivity contribution is 5.99. The molecule has 116 valence electrons. The number of ether oxygens (including phenoxy) is 2. The zero-order valence-electron chi connectivity index (χ0n) is 13.1. The third-order valence-electron chi connectivity index (χ3n) is 3.18. The van der Waals surface area contributed by atoms with E-state index in [2.05, 4.69) is 0 Å². The van der Waals surface area contributed by atoms with Gasteiger partial charge in [-0.15, -0.1) is 0 Å². The molecule has 0 unspecified atom stereocenters. The van der Waals surface area contributed by atoms with E-state index < -0.39 is 17.4 Å². The lowest BCUT2D eigenvalue weighted by molar-refractivity contribution is -0.171. The molecule has 4 heteroatoms. The van der Waals surface area contributed by atoms with Crippen LogP contribution in [0.2, 0.25) is 0 Å². The third kappa shape index (κ3) is 4.88. The van der Waals surface area contributed by atoms with Crippen molar-refractivity contribution < 1.29 is 19.1 Å². The summed E-state index contributed by atoms with van der Waals surface area (Å²) in [5, 5.41) is 0. The molecule has 0 aliphatic rings. The second-order valence-electron chi connectivity index (χ2n) is 5.27. The van der Waals surface area contributed by atoms with E-state index in [1.165, 1.54) is 0 Å². The fraction of sp³-hybridized carbons (Fsp3) is 0.529. The maximum atomic E-state index is 12.3. The first-order valence-electron chi connectivity index (χ1n) is 7.43. The number of hydrogen-bond donors (Lipinski definition) is 0. The molecule has 0 atom stereocenters. The van der Waals surface area contributed by atoms with Gasteiger partial charge in [-0.1, -0.05) is 44.2 Å². The smallest absolute Gasteiger partial charge is 0.323 e. The Hall–Kier alpha value is -1.84. The Morgan fingerprint density at radius 2 is 1.43 bits per heavy atom. The molecule has 0 bridgehead atoms. The van der Waals surface area contributed by atoms with Crippen molar-refractivity contribution in [1.82, 2.24) is 0 Å². The van der Waals surface area contributed by atoms with Crippen LogP contribution in [-0.4, -0.2) is 25.2 Å². The Bertz CT molecular complexity index is 433. The monoisotopic (exact) mass is 292 g/mol. The Kier molecular flexibility index (Phi) is 6.92. The second-order valence-corrected chi connectivity index (χ2v) is 5.27. The Labute approximate surface area is 126 Å². The molecule has 0 saturated heterocycles. The Morgan fingerprint density at radius 3 is 1.86 bits per heavy atom. The summed E-state index contributed by atoms with van der Waals surface area (Å²) in [6.45, 7) is 6.04. The molecule has 1 aromatic carbocycles. The molecule has 0 radical (unpaired) electrons. The van der Waals surface area contributed by atoms with E-state index >= 15 is 0 Å². The molecule has 0 aliphatic carbocycles. The normalized spacial score (nSPS) is 11.0. The van der Waals surface area contributed by atoms with Crippen LogP contribution in [0, 0.1) is 5.41 Å². The summed E-state index contributed by atoms with van der Waals surface area (Å²) in [5.41, 5.74) is -0.395. The van der Waals surface area contributed by atoms with Gasteiger partial charge in [0.1, 0.15) is 0 Å². The van der Waals surface area contributed by atoms with Crippen LogP contribution < -0.4 is 0 Å². The number of benzene rings is 1. The number of esters is 2. The number of carbonyl (C=O) groups excluding carboxylic acids is 2. The molecule has 0 amide bonds. The molecule has 4 nitrogen and oxygen atoms in total. The minimum absolute atomic E-state index is 0.277. The summed E-state index contributed by atoms with van der Waals surface area (Å²) in [7, 11) is 0. The molecule has 1 aromatic rings. The summed E-state index contributed by atoms with van der Waals surface area (Å²) in [6, 6.07) is 9.43. The summed E-state index contributed by atoms with van der Waals surface area (Å²) in [5.74, 6) is -1.04. The van der Waals surface area contributed by atoms with Gasteiger partial charge < -0.3 is 9.47 Å². The van der Waals surface area contributed by atoms with E-state index in [1.54, 1.807) is 6.92 Å². The van der Waals surface area contributed by atoms with Crippen LogP contribution in [0.25, 0.3) is 0 Å². The average Bonchev–Trinajstić information content (AvgIpc) is 2.50. The van der Waals surface area contributed by atoms with Crippen LogP contribution in [0.3, 0.4) is 0 Å². The molecule has 1 rings (SSSR count). The first-order chi connectivity index (χ1) is 10.0. The van der Waals surface area contributed by atoms with Crippen molar-refractivity contribution >= 4 is 11.9 Å². The van der Waals surface area contributed by atoms with E-state index in [0.717, 1.165) is 18.4 Å². The Morgan fingerprint density at radius 1 is 0.952 bits per heavy atom. The van der Waals surface area contributed by atoms with Crippen molar-refractivity contribution in [1.29, 1.82) is 0 Å². The first kappa shape index (κ1) is 17.2. The fourth-order valence-corrected chi connectivity index (χ4v) is 1.94. The van der Waals surface area contributed by atoms with E-state index in [1.807, 2.05) is 44.2 Å². The predicted molar refractivity (Wildman–Crippen MR) is 80.8 cm³/mol. The zero-order valence-corrected chi connectivity index (χ0v) is 13.1. The minimum Gasteiger partial charge on any atom is -0.465 e. The standard InChI is InChI=1S/C17H24O4/c1-4-11-20-15(18)17(3,16(19)21-12-5-2)13-14-9-7-6-8-10-14/h6-10H,4-5,11-13H2,1-3H3. The SMILES string of the molecule is CCCOC(=O)C(C)(Cc1ccccc1)C(=O)OCCC. The number of rotatable bonds is 8. The van der Waals surface area contributed by atoms with Gasteiger partial charge in [0.05, 0.1) is 13.2 Å². The van der Waals surface area contributed by atoms with Gasteiger partial charge in [-0.25, -0.2) is 0 Å². The number of hydrogen-bond acceptors (Lipinski definition) is 4. The van der Waals surface area contributed by atoms with Gasteiger partial charge in [-0.2, -0.15) is 0 Å². The van der Waals surface area contributed by atoms with Crippen LogP contribution in [0.5, 0.6) is 0 Å². The fourth-order valence-electron chi connectivity index (χ4n) is 1.94. The van der Waals surface area contributed by atoms with Crippen LogP contribution in [0.1, 0.15) is 39.2 Å². The van der Waals surface area contributed by atoms with Gasteiger partial charge in [0.25, 0.3) is 0 Å². The van der Waals surface area contributed by atoms with Crippen molar-refractivity contribution in [2.75, 3.05) is 13.2 Å². The molecule has 21 heavy (non-hydrogen) atoms. The van der Waals surface area contributed by atoms with Crippen LogP contribution in [-0.2, 0) is 25.5 Å². The first-order valence-corrected chi connectivity index (χ1v) is 7.43. The van der Waals surface area contributed by atoms with Gasteiger partial charge in [0.15, 0.2) is 5.41 Å². The van der Waals surface area contributed by atoms with Crippen molar-refractivity contribution in [2.24, 2.45) is 5.41 Å². The highest BCUT2D eigenvalue weighted by Crippen LogP contribution is 2.26. The lowest BCUT2D eigenvalue weighted by atomic mass is 9.83. The molecule has 0 fully saturated rings. The molecular formula is C17H24O4. The lowest BCUT2D eigenvalue weighted by Crippen LogP contribution is -2.41. The van der Waals surface area contributed by atoms with E-state index in [4.69, 9.17) is 9.47 Å². The van der Waals surface area contributed by atoms with Gasteiger partial charge in [0, 0.05) is 0 Å². The quantitative estimate of drug-likeness (QED) is 0.545. The maximum Gasteiger partial charge on any atom is 0.323 e. The molecule has 0 saturated carbocycles. The van der Waals surface area contributed by atoms with Crippen LogP contribution >= 0.6 is 0 Å². The van der Waals surface area contributed by atoms with Crippen LogP contribution in [0.4, 0.5) is 0 Å². The molecule has 0 aromatic heterocycles. The topological polar surface area (TPSA) is 52.6 Å². The maximum absolute atomic E-state index is 12.3. The molecule has 0 aliphatic heterocycles. The van der Waals surface area contributed by atoms with Gasteiger partial charge >= 0.3 is 11.9 Å². The third-order valence-corrected chi connectivity index (χ3v) is 3.18. The highest BCUT2D eigenvalue weighted by atomic mass is 16.6. The minimum atomic E-state index is -1.30. The zero-order chi connectivity index (χ0) is 15.7. The molecule has 0 N–H and O–H groups in total. The van der Waals surface area contributed by atoms with Crippen molar-refractivity contribution in [3.05, 3.63) is 35.9 Å². The number of carbonyl (C=O) groups is 2. The average molecular weight is 292 g/mol. The van der Waals surface area contributed by atoms with E-state index in [0.29, 0.717) is 13.2 Å². The van der Waals surface area contributed by atoms with Gasteiger partial charge in [-0.3, -0.25) is 9.59 Å². The van der Waals surface area contributed by atoms with Crippen molar-refractivity contribution in [3.8, 4) is 0 Å². The largest absolute Gasteiger partial charge is 0.465 e. The van der Waals surface area contributed by atoms with Crippen molar-refractivity contribution in [3.63, 3.8) is 0 Å². The van der Waals surface area contributed by atoms with E-state index in [9.17, 15) is 9.59 Å². The molecular weight excluding hydrogens is 268 g/mol. The summed E-state index contributed by atoms with van der Waals surface area (Å²) >= 11 is 0. The summed E-state index contributed by atoms with van der Waals surface area (Å²) < 4.78 is 10.4. The summed E-state index contributed by atoms with van der Waals surface area (Å²) in [4.78, 5) is 24.6. The highest BCUT2D eigenvalue weighted by Gasteiger charge is 2.44. The van der Waals surface area contributed by atoms with Gasteiger partial charge in [0.2, 0.25) is 0 Å². The van der Waals surface area contributed by atoms with Crippen molar-refractivity contribution in [2.45, 2.75) is 40.0 Å². The Balaban J connectivity index is 2.92. The molecule has 0 spiro atoms. The second kappa shape index (κ2) is 8.45. The van der Waals surface area contributed by atoms with Gasteiger partial charge in [-0.05, 0) is 31.7 Å².